The fraction of sp³-hybridized carbons (Fsp3) is 0.579. The minimum Gasteiger partial charge on any atom is -0.216 e. The van der Waals surface area contributed by atoms with Crippen molar-refractivity contribution < 1.29 is 4.39 Å². The Morgan fingerprint density at radius 1 is 1.05 bits per heavy atom. The van der Waals surface area contributed by atoms with E-state index in [1.54, 1.807) is 0 Å². The summed E-state index contributed by atoms with van der Waals surface area (Å²) in [5, 5.41) is 0. The molecule has 0 radical (unpaired) electrons. The van der Waals surface area contributed by atoms with Gasteiger partial charge in [0.05, 0.1) is 6.33 Å². The molecule has 0 heterocycles. The Bertz CT molecular complexity index is 396. The summed E-state index contributed by atoms with van der Waals surface area (Å²) in [6, 6.07) is 8.41. The molecule has 110 valence electrons. The van der Waals surface area contributed by atoms with Gasteiger partial charge in [-0.15, -0.1) is 0 Å². The number of hydrogen-bond acceptors (Lipinski definition) is 0. The van der Waals surface area contributed by atoms with Gasteiger partial charge in [0.25, 0.3) is 0 Å². The Kier molecular flexibility index (Phi) is 6.29. The lowest BCUT2D eigenvalue weighted by Gasteiger charge is -2.29. The van der Waals surface area contributed by atoms with Crippen LogP contribution < -0.4 is 0 Å². The van der Waals surface area contributed by atoms with Gasteiger partial charge in [0.15, 0.2) is 0 Å². The van der Waals surface area contributed by atoms with Crippen molar-refractivity contribution >= 4 is 6.08 Å². The largest absolute Gasteiger partial charge is 0.216 e. The summed E-state index contributed by atoms with van der Waals surface area (Å²) >= 11 is 0. The van der Waals surface area contributed by atoms with E-state index in [1.807, 2.05) is 12.1 Å². The fourth-order valence-electron chi connectivity index (χ4n) is 3.42. The number of halogens is 1. The number of benzene rings is 1. The molecule has 1 fully saturated rings. The predicted molar refractivity (Wildman–Crippen MR) is 85.4 cm³/mol. The molecule has 0 amide bonds. The van der Waals surface area contributed by atoms with E-state index in [2.05, 4.69) is 19.1 Å². The van der Waals surface area contributed by atoms with Gasteiger partial charge in [-0.05, 0) is 54.7 Å². The summed E-state index contributed by atoms with van der Waals surface area (Å²) in [5.74, 6) is 1.69. The van der Waals surface area contributed by atoms with Crippen LogP contribution in [0.25, 0.3) is 6.08 Å². The van der Waals surface area contributed by atoms with Gasteiger partial charge in [-0.1, -0.05) is 56.9 Å². The summed E-state index contributed by atoms with van der Waals surface area (Å²) < 4.78 is 12.1. The first-order valence-electron chi connectivity index (χ1n) is 8.20. The highest BCUT2D eigenvalue weighted by Gasteiger charge is 2.21. The van der Waals surface area contributed by atoms with Gasteiger partial charge in [-0.25, -0.2) is 4.39 Å². The van der Waals surface area contributed by atoms with Crippen LogP contribution in [0.2, 0.25) is 0 Å². The van der Waals surface area contributed by atoms with Gasteiger partial charge in [0.2, 0.25) is 0 Å². The maximum atomic E-state index is 12.1. The smallest absolute Gasteiger partial charge is 0.0872 e. The quantitative estimate of drug-likeness (QED) is 0.521. The molecule has 20 heavy (non-hydrogen) atoms. The molecule has 0 unspecified atom stereocenters. The Labute approximate surface area is 123 Å². The summed E-state index contributed by atoms with van der Waals surface area (Å²) in [4.78, 5) is 0. The van der Waals surface area contributed by atoms with Crippen LogP contribution >= 0.6 is 0 Å². The molecule has 1 aliphatic carbocycles. The van der Waals surface area contributed by atoms with Crippen LogP contribution in [0.1, 0.15) is 75.3 Å². The second kappa shape index (κ2) is 8.24. The van der Waals surface area contributed by atoms with E-state index in [0.29, 0.717) is 6.33 Å². The van der Waals surface area contributed by atoms with Crippen molar-refractivity contribution in [2.75, 3.05) is 0 Å². The van der Waals surface area contributed by atoms with Crippen molar-refractivity contribution in [2.45, 2.75) is 64.2 Å². The van der Waals surface area contributed by atoms with E-state index >= 15 is 0 Å². The molecule has 1 aromatic carbocycles. The molecule has 1 saturated carbocycles. The highest BCUT2D eigenvalue weighted by Crippen LogP contribution is 2.37. The lowest BCUT2D eigenvalue weighted by Crippen LogP contribution is -2.13. The fourth-order valence-corrected chi connectivity index (χ4v) is 3.42. The lowest BCUT2D eigenvalue weighted by molar-refractivity contribution is 0.303. The molecular formula is C19H27F. The Balaban J connectivity index is 1.81. The van der Waals surface area contributed by atoms with Gasteiger partial charge in [-0.3, -0.25) is 0 Å². The molecule has 0 aromatic heterocycles. The molecule has 2 rings (SSSR count). The van der Waals surface area contributed by atoms with E-state index in [1.165, 1.54) is 63.0 Å². The SMILES string of the molecule is CCCCCC1CCC(c2ccc(C=CF)cc2)CC1. The van der Waals surface area contributed by atoms with Crippen LogP contribution in [0.5, 0.6) is 0 Å². The molecule has 1 aliphatic rings. The van der Waals surface area contributed by atoms with Crippen molar-refractivity contribution in [1.29, 1.82) is 0 Å². The molecule has 0 aliphatic heterocycles. The average molecular weight is 274 g/mol. The summed E-state index contributed by atoms with van der Waals surface area (Å²) in [6.45, 7) is 2.28. The van der Waals surface area contributed by atoms with Gasteiger partial charge < -0.3 is 0 Å². The van der Waals surface area contributed by atoms with Gasteiger partial charge in [-0.2, -0.15) is 0 Å². The molecule has 0 N–H and O–H groups in total. The molecule has 0 saturated heterocycles. The van der Waals surface area contributed by atoms with Crippen molar-refractivity contribution in [3.8, 4) is 0 Å². The lowest BCUT2D eigenvalue weighted by atomic mass is 9.77. The Hall–Kier alpha value is -1.11. The zero-order valence-electron chi connectivity index (χ0n) is 12.7. The van der Waals surface area contributed by atoms with Crippen LogP contribution in [0.4, 0.5) is 4.39 Å². The van der Waals surface area contributed by atoms with Gasteiger partial charge >= 0.3 is 0 Å². The molecular weight excluding hydrogens is 247 g/mol. The third-order valence-electron chi connectivity index (χ3n) is 4.73. The third kappa shape index (κ3) is 4.47. The first-order chi connectivity index (χ1) is 9.83. The summed E-state index contributed by atoms with van der Waals surface area (Å²) in [5.41, 5.74) is 2.39. The third-order valence-corrected chi connectivity index (χ3v) is 4.73. The van der Waals surface area contributed by atoms with Crippen molar-refractivity contribution in [3.63, 3.8) is 0 Å². The normalized spacial score (nSPS) is 23.3. The minimum absolute atomic E-state index is 0.608. The topological polar surface area (TPSA) is 0 Å². The van der Waals surface area contributed by atoms with Gasteiger partial charge in [0.1, 0.15) is 0 Å². The summed E-state index contributed by atoms with van der Waals surface area (Å²) in [6.07, 6.45) is 13.1. The van der Waals surface area contributed by atoms with Crippen LogP contribution in [0, 0.1) is 5.92 Å². The molecule has 0 bridgehead atoms. The number of hydrogen-bond donors (Lipinski definition) is 0. The molecule has 0 nitrogen and oxygen atoms in total. The number of rotatable bonds is 6. The van der Waals surface area contributed by atoms with Crippen LogP contribution in [0.15, 0.2) is 30.6 Å². The maximum absolute atomic E-state index is 12.1. The second-order valence-corrected chi connectivity index (χ2v) is 6.17. The Morgan fingerprint density at radius 3 is 2.35 bits per heavy atom. The molecule has 1 heteroatoms. The van der Waals surface area contributed by atoms with E-state index in [4.69, 9.17) is 0 Å². The Morgan fingerprint density at radius 2 is 1.75 bits per heavy atom. The number of unbranched alkanes of at least 4 members (excludes halogenated alkanes) is 2. The minimum atomic E-state index is 0.608. The maximum Gasteiger partial charge on any atom is 0.0872 e. The van der Waals surface area contributed by atoms with E-state index in [0.717, 1.165) is 17.4 Å². The molecule has 1 aromatic rings. The zero-order chi connectivity index (χ0) is 14.2. The van der Waals surface area contributed by atoms with E-state index in [-0.39, 0.29) is 0 Å². The van der Waals surface area contributed by atoms with Crippen LogP contribution in [-0.4, -0.2) is 0 Å². The van der Waals surface area contributed by atoms with E-state index in [9.17, 15) is 4.39 Å². The predicted octanol–water partition coefficient (Wildman–Crippen LogP) is 6.48. The highest BCUT2D eigenvalue weighted by molar-refractivity contribution is 5.48. The average Bonchev–Trinajstić information content (AvgIpc) is 2.49. The molecule has 0 atom stereocenters. The van der Waals surface area contributed by atoms with Crippen LogP contribution in [-0.2, 0) is 0 Å². The van der Waals surface area contributed by atoms with Crippen molar-refractivity contribution in [1.82, 2.24) is 0 Å². The standard InChI is InChI=1S/C19H27F/c1-2-3-4-5-16-6-10-18(11-7-16)19-12-8-17(9-13-19)14-15-20/h8-9,12-16,18H,2-7,10-11H2,1H3. The van der Waals surface area contributed by atoms with E-state index < -0.39 is 0 Å². The first-order valence-corrected chi connectivity index (χ1v) is 8.20. The summed E-state index contributed by atoms with van der Waals surface area (Å²) in [7, 11) is 0. The molecule has 0 spiro atoms. The van der Waals surface area contributed by atoms with Crippen LogP contribution in [0.3, 0.4) is 0 Å². The highest BCUT2D eigenvalue weighted by atomic mass is 19.1. The monoisotopic (exact) mass is 274 g/mol. The first kappa shape index (κ1) is 15.3. The van der Waals surface area contributed by atoms with Crippen molar-refractivity contribution in [3.05, 3.63) is 41.7 Å². The van der Waals surface area contributed by atoms with Gasteiger partial charge in [0, 0.05) is 0 Å². The zero-order valence-corrected chi connectivity index (χ0v) is 12.7. The second-order valence-electron chi connectivity index (χ2n) is 6.17. The van der Waals surface area contributed by atoms with Crippen molar-refractivity contribution in [2.24, 2.45) is 5.92 Å².